The predicted octanol–water partition coefficient (Wildman–Crippen LogP) is 2.29. The van der Waals surface area contributed by atoms with Gasteiger partial charge in [0.1, 0.15) is 0 Å². The molecule has 0 radical (unpaired) electrons. The summed E-state index contributed by atoms with van der Waals surface area (Å²) in [7, 11) is 0. The maximum Gasteiger partial charge on any atom is 0.0701 e. The van der Waals surface area contributed by atoms with Crippen LogP contribution < -0.4 is 5.73 Å². The molecular formula is C10H15BrN2S. The molecule has 78 valence electrons. The first-order chi connectivity index (χ1) is 6.78. The van der Waals surface area contributed by atoms with Gasteiger partial charge in [-0.2, -0.15) is 0 Å². The molecule has 1 aromatic rings. The van der Waals surface area contributed by atoms with Crippen molar-refractivity contribution >= 4 is 27.3 Å². The van der Waals surface area contributed by atoms with Gasteiger partial charge in [-0.15, -0.1) is 11.3 Å². The molecule has 2 rings (SSSR count). The lowest BCUT2D eigenvalue weighted by atomic mass is 10.1. The lowest BCUT2D eigenvalue weighted by molar-refractivity contribution is 0.318. The average molecular weight is 275 g/mol. The molecule has 0 spiro atoms. The molecule has 1 unspecified atom stereocenters. The molecule has 1 aliphatic heterocycles. The van der Waals surface area contributed by atoms with Gasteiger partial charge in [-0.25, -0.2) is 0 Å². The van der Waals surface area contributed by atoms with Crippen LogP contribution in [0.5, 0.6) is 0 Å². The second-order valence-electron chi connectivity index (χ2n) is 3.88. The summed E-state index contributed by atoms with van der Waals surface area (Å²) in [6.45, 7) is 4.29. The molecule has 2 heterocycles. The van der Waals surface area contributed by atoms with Gasteiger partial charge in [-0.1, -0.05) is 0 Å². The molecule has 1 fully saturated rings. The van der Waals surface area contributed by atoms with Crippen LogP contribution in [0.3, 0.4) is 0 Å². The van der Waals surface area contributed by atoms with Crippen LogP contribution in [0.15, 0.2) is 15.2 Å². The van der Waals surface area contributed by atoms with E-state index in [0.29, 0.717) is 0 Å². The molecule has 0 aliphatic carbocycles. The number of hydrogen-bond acceptors (Lipinski definition) is 3. The Hall–Kier alpha value is 0.100. The minimum Gasteiger partial charge on any atom is -0.330 e. The van der Waals surface area contributed by atoms with Crippen molar-refractivity contribution in [2.24, 2.45) is 11.7 Å². The molecule has 1 aromatic heterocycles. The summed E-state index contributed by atoms with van der Waals surface area (Å²) in [5, 5.41) is 2.22. The van der Waals surface area contributed by atoms with Crippen LogP contribution in [-0.4, -0.2) is 24.5 Å². The average Bonchev–Trinajstić information content (AvgIpc) is 2.76. The number of hydrogen-bond donors (Lipinski definition) is 1. The zero-order valence-corrected chi connectivity index (χ0v) is 10.5. The maximum absolute atomic E-state index is 5.66. The third-order valence-corrected chi connectivity index (χ3v) is 4.28. The second-order valence-corrected chi connectivity index (χ2v) is 6.18. The zero-order valence-electron chi connectivity index (χ0n) is 8.08. The molecule has 0 bridgehead atoms. The van der Waals surface area contributed by atoms with Crippen molar-refractivity contribution in [1.29, 1.82) is 0 Å². The molecule has 4 heteroatoms. The van der Waals surface area contributed by atoms with Gasteiger partial charge in [0.05, 0.1) is 3.79 Å². The van der Waals surface area contributed by atoms with Gasteiger partial charge < -0.3 is 5.73 Å². The van der Waals surface area contributed by atoms with E-state index in [1.165, 1.54) is 28.9 Å². The molecule has 14 heavy (non-hydrogen) atoms. The van der Waals surface area contributed by atoms with Crippen molar-refractivity contribution in [2.75, 3.05) is 19.6 Å². The smallest absolute Gasteiger partial charge is 0.0701 e. The normalized spacial score (nSPS) is 23.1. The van der Waals surface area contributed by atoms with Crippen LogP contribution in [0.1, 0.15) is 12.0 Å². The Labute approximate surface area is 97.2 Å². The number of halogens is 1. The van der Waals surface area contributed by atoms with Gasteiger partial charge >= 0.3 is 0 Å². The topological polar surface area (TPSA) is 29.3 Å². The molecule has 1 saturated heterocycles. The predicted molar refractivity (Wildman–Crippen MR) is 64.5 cm³/mol. The Morgan fingerprint density at radius 1 is 1.64 bits per heavy atom. The minimum absolute atomic E-state index is 0.720. The van der Waals surface area contributed by atoms with E-state index in [0.717, 1.165) is 19.0 Å². The van der Waals surface area contributed by atoms with Crippen molar-refractivity contribution in [2.45, 2.75) is 13.0 Å². The standard InChI is InChI=1S/C10H15BrN2S/c11-10-3-9(7-14-10)6-13-2-1-8(4-12)5-13/h3,7-8H,1-2,4-6,12H2. The Bertz CT molecular complexity index is 300. The Balaban J connectivity index is 1.87. The quantitative estimate of drug-likeness (QED) is 0.917. The van der Waals surface area contributed by atoms with E-state index >= 15 is 0 Å². The fourth-order valence-electron chi connectivity index (χ4n) is 1.94. The van der Waals surface area contributed by atoms with Gasteiger partial charge in [-0.05, 0) is 58.4 Å². The van der Waals surface area contributed by atoms with E-state index in [1.807, 2.05) is 0 Å². The summed E-state index contributed by atoms with van der Waals surface area (Å²) in [6.07, 6.45) is 1.27. The number of nitrogens with zero attached hydrogens (tertiary/aromatic N) is 1. The van der Waals surface area contributed by atoms with E-state index in [-0.39, 0.29) is 0 Å². The summed E-state index contributed by atoms with van der Waals surface area (Å²) in [5.74, 6) is 0.720. The lowest BCUT2D eigenvalue weighted by Gasteiger charge is -2.14. The summed E-state index contributed by atoms with van der Waals surface area (Å²) in [4.78, 5) is 2.49. The number of nitrogens with two attached hydrogens (primary N) is 1. The van der Waals surface area contributed by atoms with Gasteiger partial charge in [0.25, 0.3) is 0 Å². The van der Waals surface area contributed by atoms with Crippen LogP contribution in [0.25, 0.3) is 0 Å². The molecule has 1 aliphatic rings. The highest BCUT2D eigenvalue weighted by Crippen LogP contribution is 2.24. The number of rotatable bonds is 3. The Morgan fingerprint density at radius 3 is 3.07 bits per heavy atom. The highest BCUT2D eigenvalue weighted by atomic mass is 79.9. The highest BCUT2D eigenvalue weighted by Gasteiger charge is 2.21. The van der Waals surface area contributed by atoms with Gasteiger partial charge in [0.2, 0.25) is 0 Å². The van der Waals surface area contributed by atoms with Gasteiger partial charge in [0, 0.05) is 13.1 Å². The zero-order chi connectivity index (χ0) is 9.97. The third-order valence-electron chi connectivity index (χ3n) is 2.73. The van der Waals surface area contributed by atoms with Crippen LogP contribution in [0.2, 0.25) is 0 Å². The molecular weight excluding hydrogens is 260 g/mol. The van der Waals surface area contributed by atoms with Crippen molar-refractivity contribution in [3.05, 3.63) is 20.8 Å². The van der Waals surface area contributed by atoms with Crippen molar-refractivity contribution in [3.8, 4) is 0 Å². The largest absolute Gasteiger partial charge is 0.330 e. The van der Waals surface area contributed by atoms with Gasteiger partial charge in [-0.3, -0.25) is 4.90 Å². The highest BCUT2D eigenvalue weighted by molar-refractivity contribution is 9.11. The van der Waals surface area contributed by atoms with Crippen LogP contribution in [0, 0.1) is 5.92 Å². The summed E-state index contributed by atoms with van der Waals surface area (Å²) in [6, 6.07) is 2.21. The first-order valence-corrected chi connectivity index (χ1v) is 6.60. The molecule has 0 amide bonds. The molecule has 1 atom stereocenters. The molecule has 0 aromatic carbocycles. The fraction of sp³-hybridized carbons (Fsp3) is 0.600. The van der Waals surface area contributed by atoms with E-state index in [4.69, 9.17) is 5.73 Å². The minimum atomic E-state index is 0.720. The summed E-state index contributed by atoms with van der Waals surface area (Å²) >= 11 is 5.25. The van der Waals surface area contributed by atoms with Crippen molar-refractivity contribution in [3.63, 3.8) is 0 Å². The van der Waals surface area contributed by atoms with Gasteiger partial charge in [0.15, 0.2) is 0 Å². The summed E-state index contributed by atoms with van der Waals surface area (Å²) in [5.41, 5.74) is 7.08. The second kappa shape index (κ2) is 4.75. The number of likely N-dealkylation sites (tertiary alicyclic amines) is 1. The Kier molecular flexibility index (Phi) is 3.60. The van der Waals surface area contributed by atoms with E-state index in [1.54, 1.807) is 11.3 Å². The van der Waals surface area contributed by atoms with E-state index in [9.17, 15) is 0 Å². The first-order valence-electron chi connectivity index (χ1n) is 4.93. The van der Waals surface area contributed by atoms with E-state index < -0.39 is 0 Å². The maximum atomic E-state index is 5.66. The first kappa shape index (κ1) is 10.6. The molecule has 0 saturated carbocycles. The monoisotopic (exact) mass is 274 g/mol. The van der Waals surface area contributed by atoms with Crippen LogP contribution in [-0.2, 0) is 6.54 Å². The van der Waals surface area contributed by atoms with Crippen LogP contribution in [0.4, 0.5) is 0 Å². The summed E-state index contributed by atoms with van der Waals surface area (Å²) < 4.78 is 1.22. The molecule has 2 nitrogen and oxygen atoms in total. The Morgan fingerprint density at radius 2 is 2.50 bits per heavy atom. The SMILES string of the molecule is NCC1CCN(Cc2csc(Br)c2)C1. The van der Waals surface area contributed by atoms with Crippen molar-refractivity contribution in [1.82, 2.24) is 4.90 Å². The van der Waals surface area contributed by atoms with Crippen LogP contribution >= 0.6 is 27.3 Å². The van der Waals surface area contributed by atoms with E-state index in [2.05, 4.69) is 32.3 Å². The van der Waals surface area contributed by atoms with Crippen molar-refractivity contribution < 1.29 is 0 Å². The molecule has 2 N–H and O–H groups in total. The fourth-order valence-corrected chi connectivity index (χ4v) is 3.14. The number of thiophene rings is 1. The lowest BCUT2D eigenvalue weighted by Crippen LogP contribution is -2.22. The third kappa shape index (κ3) is 2.57.